The molecule has 0 saturated heterocycles. The Bertz CT molecular complexity index is 1590. The molecule has 0 aliphatic rings. The van der Waals surface area contributed by atoms with Crippen molar-refractivity contribution in [1.29, 1.82) is 0 Å². The van der Waals surface area contributed by atoms with Crippen molar-refractivity contribution in [3.63, 3.8) is 0 Å². The van der Waals surface area contributed by atoms with Crippen LogP contribution in [0.4, 0.5) is 10.2 Å². The lowest BCUT2D eigenvalue weighted by Crippen LogP contribution is -2.02. The van der Waals surface area contributed by atoms with Gasteiger partial charge in [0.25, 0.3) is 0 Å². The average molecular weight is 479 g/mol. The monoisotopic (exact) mass is 478 g/mol. The van der Waals surface area contributed by atoms with Crippen molar-refractivity contribution < 1.29 is 4.39 Å². The molecule has 0 atom stereocenters. The van der Waals surface area contributed by atoms with Crippen molar-refractivity contribution in [2.75, 3.05) is 5.73 Å². The lowest BCUT2D eigenvalue weighted by Gasteiger charge is -2.03. The molecule has 0 spiro atoms. The number of benzene rings is 2. The second-order valence-electron chi connectivity index (χ2n) is 7.98. The molecule has 4 aromatic heterocycles. The third-order valence-corrected chi connectivity index (χ3v) is 5.56. The SMILES string of the molecule is CCc1ccccc1.Nc1cc(-c2cn(-c3ccc4nncn4n3)nc2-c2ccc(F)cc2)ccn1. The summed E-state index contributed by atoms with van der Waals surface area (Å²) < 4.78 is 16.6. The Kier molecular flexibility index (Phi) is 6.44. The second kappa shape index (κ2) is 10.1. The molecule has 2 N–H and O–H groups in total. The quantitative estimate of drug-likeness (QED) is 0.382. The number of nitrogens with zero attached hydrogens (tertiary/aromatic N) is 7. The summed E-state index contributed by atoms with van der Waals surface area (Å²) in [5.74, 6) is 0.681. The van der Waals surface area contributed by atoms with Gasteiger partial charge in [0.1, 0.15) is 23.7 Å². The summed E-state index contributed by atoms with van der Waals surface area (Å²) in [7, 11) is 0. The summed E-state index contributed by atoms with van der Waals surface area (Å²) in [5.41, 5.74) is 11.0. The molecule has 178 valence electrons. The van der Waals surface area contributed by atoms with Crippen molar-refractivity contribution in [3.05, 3.63) is 109 Å². The van der Waals surface area contributed by atoms with Crippen molar-refractivity contribution in [3.8, 4) is 28.2 Å². The minimum absolute atomic E-state index is 0.308. The molecule has 0 bridgehead atoms. The number of anilines is 1. The van der Waals surface area contributed by atoms with E-state index in [1.54, 1.807) is 45.7 Å². The van der Waals surface area contributed by atoms with E-state index in [1.807, 2.05) is 18.3 Å². The van der Waals surface area contributed by atoms with E-state index in [2.05, 4.69) is 51.5 Å². The Morgan fingerprint density at radius 3 is 2.42 bits per heavy atom. The molecule has 4 heterocycles. The maximum absolute atomic E-state index is 13.4. The van der Waals surface area contributed by atoms with Gasteiger partial charge in [0, 0.05) is 23.5 Å². The zero-order chi connectivity index (χ0) is 24.9. The first kappa shape index (κ1) is 22.9. The van der Waals surface area contributed by atoms with Gasteiger partial charge in [0.05, 0.1) is 0 Å². The van der Waals surface area contributed by atoms with E-state index in [0.717, 1.165) is 23.1 Å². The van der Waals surface area contributed by atoms with E-state index in [4.69, 9.17) is 10.8 Å². The van der Waals surface area contributed by atoms with E-state index in [0.29, 0.717) is 23.0 Å². The largest absolute Gasteiger partial charge is 0.384 e. The maximum atomic E-state index is 13.4. The van der Waals surface area contributed by atoms with Gasteiger partial charge in [-0.15, -0.1) is 15.3 Å². The van der Waals surface area contributed by atoms with Crippen molar-refractivity contribution in [2.45, 2.75) is 13.3 Å². The number of halogens is 1. The summed E-state index contributed by atoms with van der Waals surface area (Å²) in [5, 5.41) is 17.0. The Morgan fingerprint density at radius 1 is 0.889 bits per heavy atom. The van der Waals surface area contributed by atoms with Gasteiger partial charge < -0.3 is 5.73 Å². The van der Waals surface area contributed by atoms with Crippen LogP contribution in [0.2, 0.25) is 0 Å². The normalized spacial score (nSPS) is 10.7. The fourth-order valence-electron chi connectivity index (χ4n) is 3.69. The number of aromatic nitrogens is 7. The number of fused-ring (bicyclic) bond motifs is 1. The molecule has 8 nitrogen and oxygen atoms in total. The van der Waals surface area contributed by atoms with Crippen LogP contribution in [-0.2, 0) is 6.42 Å². The number of rotatable bonds is 4. The summed E-state index contributed by atoms with van der Waals surface area (Å²) in [6.07, 6.45) is 6.15. The molecule has 0 amide bonds. The minimum atomic E-state index is -0.308. The lowest BCUT2D eigenvalue weighted by molar-refractivity contribution is 0.628. The highest BCUT2D eigenvalue weighted by Gasteiger charge is 2.16. The highest BCUT2D eigenvalue weighted by Crippen LogP contribution is 2.32. The van der Waals surface area contributed by atoms with Gasteiger partial charge in [-0.3, -0.25) is 0 Å². The first-order valence-corrected chi connectivity index (χ1v) is 11.4. The molecule has 9 heteroatoms. The number of nitrogens with two attached hydrogens (primary N) is 1. The number of nitrogen functional groups attached to an aromatic ring is 1. The van der Waals surface area contributed by atoms with Gasteiger partial charge in [0.15, 0.2) is 11.5 Å². The van der Waals surface area contributed by atoms with E-state index >= 15 is 0 Å². The van der Waals surface area contributed by atoms with Crippen molar-refractivity contribution in [2.24, 2.45) is 0 Å². The van der Waals surface area contributed by atoms with Gasteiger partial charge in [-0.05, 0) is 66.1 Å². The third kappa shape index (κ3) is 4.95. The molecule has 0 unspecified atom stereocenters. The molecule has 0 saturated carbocycles. The number of hydrogen-bond acceptors (Lipinski definition) is 6. The third-order valence-electron chi connectivity index (χ3n) is 5.56. The van der Waals surface area contributed by atoms with Gasteiger partial charge in [0.2, 0.25) is 0 Å². The van der Waals surface area contributed by atoms with Crippen molar-refractivity contribution >= 4 is 11.5 Å². The van der Waals surface area contributed by atoms with Crippen LogP contribution in [0, 0.1) is 5.82 Å². The van der Waals surface area contributed by atoms with Gasteiger partial charge in [-0.25, -0.2) is 14.1 Å². The Labute approximate surface area is 206 Å². The van der Waals surface area contributed by atoms with Crippen LogP contribution < -0.4 is 5.73 Å². The lowest BCUT2D eigenvalue weighted by atomic mass is 10.0. The first-order valence-electron chi connectivity index (χ1n) is 11.4. The summed E-state index contributed by atoms with van der Waals surface area (Å²) >= 11 is 0. The molecule has 6 aromatic rings. The first-order chi connectivity index (χ1) is 17.6. The molecule has 6 rings (SSSR count). The number of pyridine rings is 1. The van der Waals surface area contributed by atoms with E-state index < -0.39 is 0 Å². The summed E-state index contributed by atoms with van der Waals surface area (Å²) in [4.78, 5) is 4.04. The van der Waals surface area contributed by atoms with Gasteiger partial charge in [-0.2, -0.15) is 9.61 Å². The van der Waals surface area contributed by atoms with E-state index in [9.17, 15) is 4.39 Å². The minimum Gasteiger partial charge on any atom is -0.384 e. The van der Waals surface area contributed by atoms with Crippen molar-refractivity contribution in [1.82, 2.24) is 34.6 Å². The summed E-state index contributed by atoms with van der Waals surface area (Å²) in [6.45, 7) is 2.16. The average Bonchev–Trinajstić information content (AvgIpc) is 3.57. The molecule has 36 heavy (non-hydrogen) atoms. The van der Waals surface area contributed by atoms with Crippen LogP contribution in [-0.4, -0.2) is 34.6 Å². The smallest absolute Gasteiger partial charge is 0.177 e. The Balaban J connectivity index is 0.000000286. The van der Waals surface area contributed by atoms with Crippen LogP contribution >= 0.6 is 0 Å². The fraction of sp³-hybridized carbons (Fsp3) is 0.0741. The van der Waals surface area contributed by atoms with Crippen LogP contribution in [0.25, 0.3) is 33.8 Å². The molecule has 0 radical (unpaired) electrons. The topological polar surface area (TPSA) is 99.8 Å². The van der Waals surface area contributed by atoms with Crippen LogP contribution in [0.3, 0.4) is 0 Å². The highest BCUT2D eigenvalue weighted by molar-refractivity contribution is 5.81. The van der Waals surface area contributed by atoms with E-state index in [1.165, 1.54) is 24.0 Å². The predicted molar refractivity (Wildman–Crippen MR) is 137 cm³/mol. The number of hydrogen-bond donors (Lipinski definition) is 1. The number of aryl methyl sites for hydroxylation is 1. The van der Waals surface area contributed by atoms with Crippen LogP contribution in [0.5, 0.6) is 0 Å². The maximum Gasteiger partial charge on any atom is 0.177 e. The van der Waals surface area contributed by atoms with Gasteiger partial charge >= 0.3 is 0 Å². The van der Waals surface area contributed by atoms with Crippen LogP contribution in [0.1, 0.15) is 12.5 Å². The van der Waals surface area contributed by atoms with E-state index in [-0.39, 0.29) is 5.82 Å². The fourth-order valence-corrected chi connectivity index (χ4v) is 3.69. The highest BCUT2D eigenvalue weighted by atomic mass is 19.1. The molecule has 0 aliphatic carbocycles. The summed E-state index contributed by atoms with van der Waals surface area (Å²) in [6, 6.07) is 23.9. The molecule has 0 aliphatic heterocycles. The van der Waals surface area contributed by atoms with Gasteiger partial charge in [-0.1, -0.05) is 37.3 Å². The molecule has 2 aromatic carbocycles. The predicted octanol–water partition coefficient (Wildman–Crippen LogP) is 5.01. The zero-order valence-electron chi connectivity index (χ0n) is 19.5. The molecule has 0 fully saturated rings. The second-order valence-corrected chi connectivity index (χ2v) is 7.98. The molecular weight excluding hydrogens is 455 g/mol. The Morgan fingerprint density at radius 2 is 1.69 bits per heavy atom. The Hall–Kier alpha value is -4.92. The van der Waals surface area contributed by atoms with Crippen LogP contribution in [0.15, 0.2) is 97.6 Å². The zero-order valence-corrected chi connectivity index (χ0v) is 19.5. The molecular formula is C27H23FN8. The standard InChI is InChI=1S/C19H13FN8.C8H10/c20-14-3-1-12(2-4-14)19-15(13-7-8-22-16(21)9-13)10-27(26-19)18-6-5-17-24-23-11-28(17)25-18;1-2-8-6-4-3-5-7-8/h1-11H,(H2,21,22);3-7H,2H2,1H3.